The van der Waals surface area contributed by atoms with E-state index in [1.165, 1.54) is 12.8 Å². The van der Waals surface area contributed by atoms with Gasteiger partial charge in [-0.2, -0.15) is 0 Å². The molecule has 0 aromatic rings. The first-order valence-corrected chi connectivity index (χ1v) is 5.50. The smallest absolute Gasteiger partial charge is 1.00 e. The molecule has 0 bridgehead atoms. The minimum absolute atomic E-state index is 0. The Labute approximate surface area is 110 Å². The number of hydrogen-bond acceptors (Lipinski definition) is 2. The van der Waals surface area contributed by atoms with Gasteiger partial charge in [0.1, 0.15) is 0 Å². The van der Waals surface area contributed by atoms with Gasteiger partial charge in [0.2, 0.25) is 0 Å². The molecule has 0 unspecified atom stereocenters. The van der Waals surface area contributed by atoms with Crippen LogP contribution in [-0.4, -0.2) is 13.2 Å². The predicted molar refractivity (Wildman–Crippen MR) is 41.7 cm³/mol. The average Bonchev–Trinajstić information content (AvgIpc) is 2.03. The number of rotatable bonds is 8. The Hall–Kier alpha value is 1.46. The van der Waals surface area contributed by atoms with E-state index in [0.717, 1.165) is 26.1 Å². The molecule has 0 radical (unpaired) electrons. The summed E-state index contributed by atoms with van der Waals surface area (Å²) in [4.78, 5) is 0. The maximum absolute atomic E-state index is 5.29. The molecule has 5 heteroatoms. The van der Waals surface area contributed by atoms with E-state index >= 15 is 0 Å². The third-order valence-electron chi connectivity index (χ3n) is 1.28. The molecule has 2 nitrogen and oxygen atoms in total. The van der Waals surface area contributed by atoms with Crippen molar-refractivity contribution in [1.29, 1.82) is 0 Å². The van der Waals surface area contributed by atoms with Gasteiger partial charge in [-0.1, -0.05) is 0 Å². The summed E-state index contributed by atoms with van der Waals surface area (Å²) in [6, 6.07) is 0. The summed E-state index contributed by atoms with van der Waals surface area (Å²) in [5.74, 6) is 0. The molecule has 0 spiro atoms. The van der Waals surface area contributed by atoms with Crippen LogP contribution in [0.25, 0.3) is 0 Å². The van der Waals surface area contributed by atoms with Crippen LogP contribution in [0.1, 0.15) is 39.5 Å². The van der Waals surface area contributed by atoms with Crippen LogP contribution in [-0.2, 0) is 24.3 Å². The van der Waals surface area contributed by atoms with Gasteiger partial charge in [0.05, 0.1) is 0 Å². The Morgan fingerprint density at radius 1 is 0.846 bits per heavy atom. The van der Waals surface area contributed by atoms with Crippen LogP contribution < -0.4 is 34.0 Å². The molecule has 0 rings (SSSR count). The van der Waals surface area contributed by atoms with Gasteiger partial charge in [0.25, 0.3) is 0 Å². The van der Waals surface area contributed by atoms with Crippen molar-refractivity contribution in [3.8, 4) is 0 Å². The van der Waals surface area contributed by atoms with Crippen molar-refractivity contribution in [2.24, 2.45) is 0 Å². The van der Waals surface area contributed by atoms with Crippen molar-refractivity contribution < 1.29 is 58.3 Å². The molecule has 0 saturated carbocycles. The van der Waals surface area contributed by atoms with Gasteiger partial charge in [-0.25, -0.2) is 0 Å². The number of hydrogen-bond donors (Lipinski definition) is 0. The van der Waals surface area contributed by atoms with Gasteiger partial charge < -0.3 is 34.0 Å². The summed E-state index contributed by atoms with van der Waals surface area (Å²) in [6.45, 7) is 6.08. The molecule has 81 valence electrons. The minimum atomic E-state index is -0.271. The molecule has 0 aromatic carbocycles. The first kappa shape index (κ1) is 20.0. The topological polar surface area (TPSA) is 18.5 Å². The van der Waals surface area contributed by atoms with E-state index in [-0.39, 0.29) is 51.0 Å². The Balaban J connectivity index is -0.000000500. The van der Waals surface area contributed by atoms with Crippen molar-refractivity contribution in [2.75, 3.05) is 13.2 Å². The summed E-state index contributed by atoms with van der Waals surface area (Å²) in [6.07, 6.45) is 4.73. The third-order valence-corrected chi connectivity index (χ3v) is 2.18. The second kappa shape index (κ2) is 19.1. The molecule has 13 heavy (non-hydrogen) atoms. The summed E-state index contributed by atoms with van der Waals surface area (Å²) >= 11 is -0.271. The summed E-state index contributed by atoms with van der Waals surface area (Å²) in [7, 11) is 0. The quantitative estimate of drug-likeness (QED) is 0.421. The van der Waals surface area contributed by atoms with Gasteiger partial charge in [-0.3, -0.25) is 0 Å². The van der Waals surface area contributed by atoms with Crippen molar-refractivity contribution in [1.82, 2.24) is 0 Å². The van der Waals surface area contributed by atoms with E-state index in [0.29, 0.717) is 0 Å². The second-order valence-electron chi connectivity index (χ2n) is 2.45. The molecular weight excluding hydrogens is 339 g/mol. The first-order chi connectivity index (χ1) is 5.41. The average molecular weight is 357 g/mol. The molecule has 0 saturated heterocycles. The fraction of sp³-hybridized carbons (Fsp3) is 1.00. The van der Waals surface area contributed by atoms with E-state index in [9.17, 15) is 0 Å². The van der Waals surface area contributed by atoms with Crippen LogP contribution in [0.2, 0.25) is 0 Å². The van der Waals surface area contributed by atoms with Crippen molar-refractivity contribution >= 4 is 0 Å². The van der Waals surface area contributed by atoms with E-state index in [2.05, 4.69) is 13.8 Å². The van der Waals surface area contributed by atoms with Crippen LogP contribution in [0.15, 0.2) is 0 Å². The second-order valence-corrected chi connectivity index (χ2v) is 3.49. The number of halogens is 2. The van der Waals surface area contributed by atoms with Gasteiger partial charge >= 0.3 is 77.1 Å². The van der Waals surface area contributed by atoms with Crippen LogP contribution in [0.3, 0.4) is 0 Å². The Morgan fingerprint density at radius 2 is 1.23 bits per heavy atom. The standard InChI is InChI=1S/2C4H9O.2BrH.V/c2*1-2-3-4-5;;;/h2*2-4H2,1H3;2*1H;/q2*-1;;;+4/p-2. The monoisotopic (exact) mass is 355 g/mol. The maximum Gasteiger partial charge on any atom is -1.00 e. The van der Waals surface area contributed by atoms with E-state index in [4.69, 9.17) is 7.32 Å². The fourth-order valence-electron chi connectivity index (χ4n) is 0.530. The number of unbranched alkanes of at least 4 members (excludes halogenated alkanes) is 2. The van der Waals surface area contributed by atoms with Crippen LogP contribution in [0.4, 0.5) is 0 Å². The van der Waals surface area contributed by atoms with Crippen molar-refractivity contribution in [2.45, 2.75) is 39.5 Å². The van der Waals surface area contributed by atoms with Crippen molar-refractivity contribution in [3.05, 3.63) is 0 Å². The van der Waals surface area contributed by atoms with Crippen LogP contribution in [0.5, 0.6) is 0 Å². The molecule has 0 amide bonds. The first-order valence-electron chi connectivity index (χ1n) is 4.36. The van der Waals surface area contributed by atoms with Crippen LogP contribution >= 0.6 is 0 Å². The van der Waals surface area contributed by atoms with Crippen LogP contribution in [0, 0.1) is 0 Å². The molecule has 0 aliphatic heterocycles. The molecule has 0 aromatic heterocycles. The van der Waals surface area contributed by atoms with Gasteiger partial charge in [-0.05, 0) is 0 Å². The Morgan fingerprint density at radius 3 is 1.54 bits per heavy atom. The molecule has 0 fully saturated rings. The predicted octanol–water partition coefficient (Wildman–Crippen LogP) is -3.46. The molecular formula is C8H18Br2O2V. The van der Waals surface area contributed by atoms with Crippen molar-refractivity contribution in [3.63, 3.8) is 0 Å². The molecule has 0 N–H and O–H groups in total. The van der Waals surface area contributed by atoms with E-state index in [1.807, 2.05) is 0 Å². The fourth-order valence-corrected chi connectivity index (χ4v) is 1.28. The molecule has 0 heterocycles. The third kappa shape index (κ3) is 19.8. The normalized spacial score (nSPS) is 8.15. The Bertz CT molecular complexity index is 69.2. The molecule has 0 aliphatic rings. The SMILES string of the molecule is CCCC[O][V+2][O]CCCC.[Br-].[Br-]. The zero-order chi connectivity index (χ0) is 8.36. The molecule has 0 aliphatic carbocycles. The Kier molecular flexibility index (Phi) is 29.3. The summed E-state index contributed by atoms with van der Waals surface area (Å²) < 4.78 is 10.6. The van der Waals surface area contributed by atoms with Gasteiger partial charge in [0, 0.05) is 0 Å². The largest absolute Gasteiger partial charge is 1.00 e. The summed E-state index contributed by atoms with van der Waals surface area (Å²) in [5.41, 5.74) is 0. The maximum atomic E-state index is 5.29. The molecule has 0 atom stereocenters. The summed E-state index contributed by atoms with van der Waals surface area (Å²) in [5, 5.41) is 0. The van der Waals surface area contributed by atoms with E-state index < -0.39 is 0 Å². The van der Waals surface area contributed by atoms with Gasteiger partial charge in [0.15, 0.2) is 0 Å². The van der Waals surface area contributed by atoms with E-state index in [1.54, 1.807) is 0 Å². The van der Waals surface area contributed by atoms with Gasteiger partial charge in [-0.15, -0.1) is 0 Å². The zero-order valence-corrected chi connectivity index (χ0v) is 12.8. The zero-order valence-electron chi connectivity index (χ0n) is 8.26. The minimum Gasteiger partial charge on any atom is -1.00 e.